The molecule has 0 aromatic heterocycles. The molecular formula is C38H60N6O4S. The first-order chi connectivity index (χ1) is 23.5. The molecule has 0 saturated heterocycles. The molecule has 10 nitrogen and oxygen atoms in total. The third-order valence-electron chi connectivity index (χ3n) is 7.06. The van der Waals surface area contributed by atoms with Crippen LogP contribution in [0, 0.1) is 11.3 Å². The van der Waals surface area contributed by atoms with Crippen LogP contribution in [0.15, 0.2) is 60.2 Å². The maximum Gasteiger partial charge on any atom is 0.251 e. The molecule has 0 aliphatic heterocycles. The van der Waals surface area contributed by atoms with Gasteiger partial charge in [0, 0.05) is 57.5 Å². The maximum absolute atomic E-state index is 12.4. The third kappa shape index (κ3) is 21.0. The summed E-state index contributed by atoms with van der Waals surface area (Å²) >= 11 is 1.33. The second kappa shape index (κ2) is 28.0. The molecule has 2 aromatic carbocycles. The quantitative estimate of drug-likeness (QED) is 0.0904. The van der Waals surface area contributed by atoms with E-state index in [0.717, 1.165) is 61.8 Å². The third-order valence-corrected chi connectivity index (χ3v) is 7.92. The summed E-state index contributed by atoms with van der Waals surface area (Å²) in [6, 6.07) is 14.0. The summed E-state index contributed by atoms with van der Waals surface area (Å²) in [6.07, 6.45) is 6.18. The van der Waals surface area contributed by atoms with Crippen LogP contribution in [-0.4, -0.2) is 91.3 Å². The van der Waals surface area contributed by atoms with E-state index >= 15 is 0 Å². The van der Waals surface area contributed by atoms with Crippen molar-refractivity contribution in [2.24, 2.45) is 0 Å². The Bertz CT molecular complexity index is 1340. The van der Waals surface area contributed by atoms with E-state index in [1.54, 1.807) is 25.7 Å². The summed E-state index contributed by atoms with van der Waals surface area (Å²) in [7, 11) is 3.40. The van der Waals surface area contributed by atoms with Crippen molar-refractivity contribution in [3.05, 3.63) is 65.7 Å². The molecule has 2 aromatic rings. The molecule has 1 unspecified atom stereocenters. The molecule has 49 heavy (non-hydrogen) atoms. The van der Waals surface area contributed by atoms with Crippen LogP contribution < -0.4 is 16.0 Å². The van der Waals surface area contributed by atoms with Gasteiger partial charge in [0.05, 0.1) is 17.9 Å². The van der Waals surface area contributed by atoms with Crippen molar-refractivity contribution in [2.45, 2.75) is 79.2 Å². The van der Waals surface area contributed by atoms with Gasteiger partial charge in [-0.15, -0.1) is 11.8 Å². The molecule has 0 aliphatic rings. The molecule has 0 spiro atoms. The van der Waals surface area contributed by atoms with Gasteiger partial charge in [0.25, 0.3) is 5.91 Å². The lowest BCUT2D eigenvalue weighted by Gasteiger charge is -2.20. The average molecular weight is 697 g/mol. The number of anilines is 1. The Morgan fingerprint density at radius 2 is 1.65 bits per heavy atom. The molecule has 0 fully saturated rings. The molecular weight excluding hydrogens is 637 g/mol. The summed E-state index contributed by atoms with van der Waals surface area (Å²) in [4.78, 5) is 38.4. The number of amides is 3. The van der Waals surface area contributed by atoms with E-state index in [-0.39, 0.29) is 24.3 Å². The number of allylic oxidation sites excluding steroid dienone is 1. The number of nitrogens with one attached hydrogen (secondary N) is 3. The Morgan fingerprint density at radius 3 is 2.24 bits per heavy atom. The monoisotopic (exact) mass is 696 g/mol. The second-order valence-electron chi connectivity index (χ2n) is 11.4. The Hall–Kier alpha value is -3.85. The van der Waals surface area contributed by atoms with Gasteiger partial charge in [-0.25, -0.2) is 0 Å². The summed E-state index contributed by atoms with van der Waals surface area (Å²) in [5, 5.41) is 31.2. The zero-order chi connectivity index (χ0) is 37.0. The Morgan fingerprint density at radius 1 is 1.00 bits per heavy atom. The first kappa shape index (κ1) is 45.2. The van der Waals surface area contributed by atoms with E-state index in [0.29, 0.717) is 36.3 Å². The van der Waals surface area contributed by atoms with Gasteiger partial charge in [-0.3, -0.25) is 14.4 Å². The first-order valence-corrected chi connectivity index (χ1v) is 18.3. The van der Waals surface area contributed by atoms with Crippen LogP contribution in [-0.2, 0) is 9.59 Å². The fraction of sp³-hybridized carbons (Fsp3) is 0.526. The van der Waals surface area contributed by atoms with Gasteiger partial charge >= 0.3 is 0 Å². The molecule has 0 aliphatic carbocycles. The number of aliphatic hydroxyl groups is 1. The number of unbranched alkanes of at least 4 members (excludes halogenated alkanes) is 1. The number of hydrogen-bond donors (Lipinski definition) is 4. The van der Waals surface area contributed by atoms with Crippen molar-refractivity contribution >= 4 is 45.9 Å². The molecule has 4 N–H and O–H groups in total. The molecule has 272 valence electrons. The summed E-state index contributed by atoms with van der Waals surface area (Å²) < 4.78 is 0. The number of nitrogens with zero attached hydrogens (tertiary/aromatic N) is 3. The number of carbonyl (C=O) groups excluding carboxylic acids is 3. The van der Waals surface area contributed by atoms with Crippen LogP contribution in [0.4, 0.5) is 5.69 Å². The van der Waals surface area contributed by atoms with Gasteiger partial charge < -0.3 is 30.9 Å². The molecule has 1 atom stereocenters. The van der Waals surface area contributed by atoms with Crippen molar-refractivity contribution in [3.63, 3.8) is 0 Å². The van der Waals surface area contributed by atoms with Crippen LogP contribution >= 0.6 is 11.8 Å². The van der Waals surface area contributed by atoms with Gasteiger partial charge in [0.2, 0.25) is 11.8 Å². The number of aliphatic hydroxyl groups excluding tert-OH is 1. The SMILES string of the molecule is C=CNc1ccc2cc(C(=O)NCCN(CCC)CCC)ccc2c1.CC.CC(=O)NCC(O)CCCC/C(C#N)=C\SCC(=O)N(C)C. The van der Waals surface area contributed by atoms with Crippen LogP contribution in [0.5, 0.6) is 0 Å². The maximum atomic E-state index is 12.4. The predicted molar refractivity (Wildman–Crippen MR) is 206 cm³/mol. The lowest BCUT2D eigenvalue weighted by atomic mass is 10.1. The molecule has 0 heterocycles. The van der Waals surface area contributed by atoms with Crippen molar-refractivity contribution in [2.75, 3.05) is 57.9 Å². The van der Waals surface area contributed by atoms with Gasteiger partial charge in [0.15, 0.2) is 0 Å². The minimum Gasteiger partial charge on any atom is -0.391 e. The fourth-order valence-corrected chi connectivity index (χ4v) is 5.39. The summed E-state index contributed by atoms with van der Waals surface area (Å²) in [6.45, 7) is 17.5. The van der Waals surface area contributed by atoms with Crippen molar-refractivity contribution < 1.29 is 19.5 Å². The number of rotatable bonds is 20. The largest absolute Gasteiger partial charge is 0.391 e. The second-order valence-corrected chi connectivity index (χ2v) is 12.3. The number of hydrogen-bond acceptors (Lipinski definition) is 8. The molecule has 2 rings (SSSR count). The van der Waals surface area contributed by atoms with E-state index in [1.165, 1.54) is 23.6 Å². The smallest absolute Gasteiger partial charge is 0.251 e. The standard InChI is InChI=1S/C21H29N3O.C15H25N3O3S.C2H6/c1-4-12-24(13-5-2)14-11-23-21(25)19-8-7-18-16-20(22-6-3)10-9-17(18)15-19;1-12(19)17-9-14(20)7-5-4-6-13(8-16)10-22-11-15(21)18(2)3;1-2/h6-10,15-16,22H,3-5,11-14H2,1-2H3,(H,23,25);10,14,20H,4-7,9,11H2,1-3H3,(H,17,19);1-2H3/b;13-10+;. The van der Waals surface area contributed by atoms with Crippen LogP contribution in [0.25, 0.3) is 10.8 Å². The van der Waals surface area contributed by atoms with E-state index < -0.39 is 6.10 Å². The minimum atomic E-state index is -0.550. The molecule has 0 saturated carbocycles. The zero-order valence-electron chi connectivity index (χ0n) is 30.8. The Kier molecular flexibility index (Phi) is 25.8. The molecule has 11 heteroatoms. The fourth-order valence-electron chi connectivity index (χ4n) is 4.53. The van der Waals surface area contributed by atoms with Crippen molar-refractivity contribution in [3.8, 4) is 6.07 Å². The van der Waals surface area contributed by atoms with Crippen LogP contribution in [0.1, 0.15) is 83.5 Å². The average Bonchev–Trinajstić information content (AvgIpc) is 3.09. The Labute approximate surface area is 299 Å². The Balaban J connectivity index is 0.000000904. The van der Waals surface area contributed by atoms with E-state index in [9.17, 15) is 19.5 Å². The topological polar surface area (TPSA) is 138 Å². The van der Waals surface area contributed by atoms with Gasteiger partial charge in [-0.2, -0.15) is 5.26 Å². The molecule has 3 amide bonds. The van der Waals surface area contributed by atoms with Crippen molar-refractivity contribution in [1.29, 1.82) is 5.26 Å². The van der Waals surface area contributed by atoms with E-state index in [1.807, 2.05) is 50.2 Å². The highest BCUT2D eigenvalue weighted by atomic mass is 32.2. The number of carbonyl (C=O) groups is 3. The normalized spacial score (nSPS) is 11.2. The number of benzene rings is 2. The predicted octanol–water partition coefficient (Wildman–Crippen LogP) is 6.55. The lowest BCUT2D eigenvalue weighted by Crippen LogP contribution is -2.35. The van der Waals surface area contributed by atoms with E-state index in [2.05, 4.69) is 47.3 Å². The first-order valence-electron chi connectivity index (χ1n) is 17.3. The van der Waals surface area contributed by atoms with Gasteiger partial charge in [-0.1, -0.05) is 52.8 Å². The number of nitriles is 1. The van der Waals surface area contributed by atoms with Gasteiger partial charge in [0.1, 0.15) is 0 Å². The number of thioether (sulfide) groups is 1. The van der Waals surface area contributed by atoms with E-state index in [4.69, 9.17) is 5.26 Å². The minimum absolute atomic E-state index is 0.0110. The lowest BCUT2D eigenvalue weighted by molar-refractivity contribution is -0.125. The number of fused-ring (bicyclic) bond motifs is 1. The highest BCUT2D eigenvalue weighted by Gasteiger charge is 2.09. The summed E-state index contributed by atoms with van der Waals surface area (Å²) in [5.74, 6) is 0.175. The molecule has 0 radical (unpaired) electrons. The highest BCUT2D eigenvalue weighted by Crippen LogP contribution is 2.21. The summed E-state index contributed by atoms with van der Waals surface area (Å²) in [5.41, 5.74) is 2.34. The van der Waals surface area contributed by atoms with Crippen molar-refractivity contribution in [1.82, 2.24) is 20.4 Å². The molecule has 0 bridgehead atoms. The van der Waals surface area contributed by atoms with Crippen LogP contribution in [0.3, 0.4) is 0 Å². The van der Waals surface area contributed by atoms with Gasteiger partial charge in [-0.05, 0) is 91.8 Å². The highest BCUT2D eigenvalue weighted by molar-refractivity contribution is 8.02. The van der Waals surface area contributed by atoms with Crippen LogP contribution in [0.2, 0.25) is 0 Å². The zero-order valence-corrected chi connectivity index (χ0v) is 31.6.